The molecule has 0 radical (unpaired) electrons. The number of hydrogen-bond donors (Lipinski definition) is 2. The molecule has 1 saturated heterocycles. The first-order chi connectivity index (χ1) is 11.5. The number of guanidine groups is 1. The predicted octanol–water partition coefficient (Wildman–Crippen LogP) is 3.08. The molecule has 1 aliphatic heterocycles. The first-order valence-corrected chi connectivity index (χ1v) is 9.18. The number of nitrogens with one attached hydrogen (secondary N) is 2. The molecule has 7 heteroatoms. The molecule has 6 nitrogen and oxygen atoms in total. The van der Waals surface area contributed by atoms with Crippen LogP contribution in [0.1, 0.15) is 51.0 Å². The van der Waals surface area contributed by atoms with E-state index in [1.807, 2.05) is 13.8 Å². The van der Waals surface area contributed by atoms with E-state index in [1.165, 1.54) is 25.9 Å². The quantitative estimate of drug-likeness (QED) is 0.386. The molecule has 1 aromatic rings. The predicted molar refractivity (Wildman–Crippen MR) is 114 cm³/mol. The Balaban J connectivity index is 0.00000312. The monoisotopic (exact) mass is 463 g/mol. The van der Waals surface area contributed by atoms with Gasteiger partial charge in [0.2, 0.25) is 5.89 Å². The molecule has 0 saturated carbocycles. The van der Waals surface area contributed by atoms with Crippen LogP contribution in [0.3, 0.4) is 0 Å². The minimum Gasteiger partial charge on any atom is -0.444 e. The molecule has 1 aromatic heterocycles. The Morgan fingerprint density at radius 3 is 2.56 bits per heavy atom. The fourth-order valence-electron chi connectivity index (χ4n) is 2.94. The normalized spacial score (nSPS) is 17.9. The van der Waals surface area contributed by atoms with Gasteiger partial charge in [0.15, 0.2) is 5.96 Å². The number of rotatable bonds is 6. The number of piperidine rings is 1. The van der Waals surface area contributed by atoms with Crippen LogP contribution in [-0.2, 0) is 6.54 Å². The van der Waals surface area contributed by atoms with Gasteiger partial charge in [-0.05, 0) is 59.5 Å². The maximum Gasteiger partial charge on any atom is 0.216 e. The molecular formula is C18H34IN5O. The van der Waals surface area contributed by atoms with Gasteiger partial charge in [-0.3, -0.25) is 4.90 Å². The van der Waals surface area contributed by atoms with Crippen LogP contribution in [0, 0.1) is 19.8 Å². The van der Waals surface area contributed by atoms with Crippen molar-refractivity contribution in [2.24, 2.45) is 10.9 Å². The molecule has 0 bridgehead atoms. The fourth-order valence-corrected chi connectivity index (χ4v) is 2.94. The lowest BCUT2D eigenvalue weighted by molar-refractivity contribution is 0.147. The third-order valence-corrected chi connectivity index (χ3v) is 4.80. The summed E-state index contributed by atoms with van der Waals surface area (Å²) in [5.74, 6) is 3.22. The summed E-state index contributed by atoms with van der Waals surface area (Å²) in [7, 11) is 0. The van der Waals surface area contributed by atoms with Gasteiger partial charge in [0.05, 0.1) is 5.69 Å². The number of halogens is 1. The van der Waals surface area contributed by atoms with E-state index in [4.69, 9.17) is 4.42 Å². The van der Waals surface area contributed by atoms with Gasteiger partial charge >= 0.3 is 0 Å². The zero-order chi connectivity index (χ0) is 17.5. The fraction of sp³-hybridized carbons (Fsp3) is 0.778. The van der Waals surface area contributed by atoms with Crippen molar-refractivity contribution in [2.45, 2.75) is 60.0 Å². The van der Waals surface area contributed by atoms with Crippen LogP contribution in [0.15, 0.2) is 9.41 Å². The van der Waals surface area contributed by atoms with E-state index in [0.29, 0.717) is 18.5 Å². The average molecular weight is 463 g/mol. The lowest BCUT2D eigenvalue weighted by atomic mass is 9.98. The largest absolute Gasteiger partial charge is 0.444 e. The van der Waals surface area contributed by atoms with Crippen LogP contribution < -0.4 is 10.6 Å². The summed E-state index contributed by atoms with van der Waals surface area (Å²) in [5, 5.41) is 6.74. The second-order valence-electron chi connectivity index (χ2n) is 6.89. The second kappa shape index (κ2) is 11.0. The summed E-state index contributed by atoms with van der Waals surface area (Å²) < 4.78 is 5.59. The average Bonchev–Trinajstić information content (AvgIpc) is 2.88. The van der Waals surface area contributed by atoms with Crippen molar-refractivity contribution >= 4 is 29.9 Å². The van der Waals surface area contributed by atoms with E-state index in [9.17, 15) is 0 Å². The van der Waals surface area contributed by atoms with Crippen LogP contribution in [0.4, 0.5) is 0 Å². The summed E-state index contributed by atoms with van der Waals surface area (Å²) >= 11 is 0. The van der Waals surface area contributed by atoms with Gasteiger partial charge in [-0.1, -0.05) is 6.92 Å². The van der Waals surface area contributed by atoms with Crippen molar-refractivity contribution in [1.29, 1.82) is 0 Å². The molecule has 2 N–H and O–H groups in total. The molecular weight excluding hydrogens is 429 g/mol. The Hall–Kier alpha value is -0.830. The van der Waals surface area contributed by atoms with Gasteiger partial charge in [0, 0.05) is 19.1 Å². The first-order valence-electron chi connectivity index (χ1n) is 9.18. The van der Waals surface area contributed by atoms with Gasteiger partial charge in [0.1, 0.15) is 12.3 Å². The zero-order valence-electron chi connectivity index (χ0n) is 16.3. The minimum absolute atomic E-state index is 0. The maximum atomic E-state index is 5.59. The Morgan fingerprint density at radius 1 is 1.32 bits per heavy atom. The summed E-state index contributed by atoms with van der Waals surface area (Å²) in [6.45, 7) is 15.2. The Labute approximate surface area is 169 Å². The molecule has 2 heterocycles. The third-order valence-electron chi connectivity index (χ3n) is 4.80. The minimum atomic E-state index is 0. The highest BCUT2D eigenvalue weighted by Crippen LogP contribution is 2.17. The molecule has 1 aliphatic rings. The van der Waals surface area contributed by atoms with Crippen molar-refractivity contribution in [3.63, 3.8) is 0 Å². The highest BCUT2D eigenvalue weighted by Gasteiger charge is 2.20. The SMILES string of the molecule is CCNC(=NCc1nc(C)c(C)o1)NCC(C)N1CCC(C)CC1.I. The van der Waals surface area contributed by atoms with Gasteiger partial charge in [-0.25, -0.2) is 9.98 Å². The molecule has 0 amide bonds. The smallest absolute Gasteiger partial charge is 0.216 e. The third kappa shape index (κ3) is 7.13. The summed E-state index contributed by atoms with van der Waals surface area (Å²) in [4.78, 5) is 11.5. The van der Waals surface area contributed by atoms with E-state index >= 15 is 0 Å². The molecule has 1 unspecified atom stereocenters. The molecule has 144 valence electrons. The van der Waals surface area contributed by atoms with Gasteiger partial charge < -0.3 is 15.1 Å². The van der Waals surface area contributed by atoms with Crippen molar-refractivity contribution in [3.8, 4) is 0 Å². The summed E-state index contributed by atoms with van der Waals surface area (Å²) in [5.41, 5.74) is 0.936. The summed E-state index contributed by atoms with van der Waals surface area (Å²) in [6, 6.07) is 0.507. The van der Waals surface area contributed by atoms with Crippen LogP contribution >= 0.6 is 24.0 Å². The van der Waals surface area contributed by atoms with Gasteiger partial charge in [-0.15, -0.1) is 24.0 Å². The van der Waals surface area contributed by atoms with Crippen LogP contribution in [0.2, 0.25) is 0 Å². The van der Waals surface area contributed by atoms with Gasteiger partial charge in [0.25, 0.3) is 0 Å². The molecule has 0 spiro atoms. The molecule has 1 fully saturated rings. The molecule has 1 atom stereocenters. The molecule has 0 aromatic carbocycles. The number of aliphatic imine (C=N–C) groups is 1. The number of oxazole rings is 1. The topological polar surface area (TPSA) is 65.7 Å². The number of aromatic nitrogens is 1. The maximum absolute atomic E-state index is 5.59. The Morgan fingerprint density at radius 2 is 2.00 bits per heavy atom. The van der Waals surface area contributed by atoms with Crippen LogP contribution in [0.25, 0.3) is 0 Å². The Bertz CT molecular complexity index is 518. The van der Waals surface area contributed by atoms with Crippen molar-refractivity contribution in [1.82, 2.24) is 20.5 Å². The van der Waals surface area contributed by atoms with Crippen molar-refractivity contribution in [2.75, 3.05) is 26.2 Å². The zero-order valence-corrected chi connectivity index (χ0v) is 18.6. The Kier molecular flexibility index (Phi) is 9.78. The van der Waals surface area contributed by atoms with Crippen LogP contribution in [-0.4, -0.2) is 48.1 Å². The van der Waals surface area contributed by atoms with Crippen LogP contribution in [0.5, 0.6) is 0 Å². The molecule has 0 aliphatic carbocycles. The van der Waals surface area contributed by atoms with E-state index in [2.05, 4.69) is 46.3 Å². The van der Waals surface area contributed by atoms with Crippen molar-refractivity contribution < 1.29 is 4.42 Å². The number of nitrogens with zero attached hydrogens (tertiary/aromatic N) is 3. The lowest BCUT2D eigenvalue weighted by Gasteiger charge is -2.35. The second-order valence-corrected chi connectivity index (χ2v) is 6.89. The summed E-state index contributed by atoms with van der Waals surface area (Å²) in [6.07, 6.45) is 2.61. The number of aryl methyl sites for hydroxylation is 2. The standard InChI is InChI=1S/C18H33N5O.HI/c1-6-19-18(21-12-17-22-15(4)16(5)24-17)20-11-14(3)23-9-7-13(2)8-10-23;/h13-14H,6-12H2,1-5H3,(H2,19,20,21);1H. The van der Waals surface area contributed by atoms with E-state index < -0.39 is 0 Å². The highest BCUT2D eigenvalue weighted by atomic mass is 127. The highest BCUT2D eigenvalue weighted by molar-refractivity contribution is 14.0. The number of hydrogen-bond acceptors (Lipinski definition) is 4. The molecule has 25 heavy (non-hydrogen) atoms. The van der Waals surface area contributed by atoms with E-state index in [0.717, 1.165) is 36.4 Å². The van der Waals surface area contributed by atoms with E-state index in [-0.39, 0.29) is 24.0 Å². The number of likely N-dealkylation sites (tertiary alicyclic amines) is 1. The first kappa shape index (κ1) is 22.2. The molecule has 2 rings (SSSR count). The van der Waals surface area contributed by atoms with Crippen molar-refractivity contribution in [3.05, 3.63) is 17.3 Å². The lowest BCUT2D eigenvalue weighted by Crippen LogP contribution is -2.48. The van der Waals surface area contributed by atoms with E-state index in [1.54, 1.807) is 0 Å². The van der Waals surface area contributed by atoms with Gasteiger partial charge in [-0.2, -0.15) is 0 Å².